The van der Waals surface area contributed by atoms with E-state index in [9.17, 15) is 24.6 Å². The van der Waals surface area contributed by atoms with Crippen molar-refractivity contribution in [2.24, 2.45) is 11.8 Å². The number of β-lactam (4-membered cyclic amide) rings is 1. The van der Waals surface area contributed by atoms with Gasteiger partial charge in [-0.05, 0) is 6.92 Å². The van der Waals surface area contributed by atoms with Gasteiger partial charge in [0, 0.05) is 17.7 Å². The third kappa shape index (κ3) is 2.38. The number of Topliss-reactive ketones (excluding diaryl/α,β-unsaturated/α-hetero) is 1. The number of carbonyl (C=O) groups is 3. The van der Waals surface area contributed by atoms with E-state index in [-0.39, 0.29) is 29.3 Å². The lowest BCUT2D eigenvalue weighted by Gasteiger charge is -2.46. The van der Waals surface area contributed by atoms with E-state index < -0.39 is 18.0 Å². The van der Waals surface area contributed by atoms with Crippen molar-refractivity contribution in [2.45, 2.75) is 37.1 Å². The molecule has 3 heterocycles. The molecule has 2 aliphatic rings. The zero-order valence-electron chi connectivity index (χ0n) is 13.2. The summed E-state index contributed by atoms with van der Waals surface area (Å²) >= 11 is 2.44. The fraction of sp³-hybridized carbons (Fsp3) is 0.467. The molecule has 24 heavy (non-hydrogen) atoms. The molecule has 1 aromatic heterocycles. The van der Waals surface area contributed by atoms with Crippen molar-refractivity contribution in [1.82, 2.24) is 9.88 Å². The summed E-state index contributed by atoms with van der Waals surface area (Å²) in [6, 6.07) is -0.361. The van der Waals surface area contributed by atoms with Crippen LogP contribution in [0.3, 0.4) is 0 Å². The minimum absolute atomic E-state index is 0.0534. The molecule has 128 valence electrons. The third-order valence-electron chi connectivity index (χ3n) is 4.38. The van der Waals surface area contributed by atoms with Crippen molar-refractivity contribution in [3.05, 3.63) is 21.8 Å². The lowest BCUT2D eigenvalue weighted by molar-refractivity contribution is -0.163. The Morgan fingerprint density at radius 1 is 1.46 bits per heavy atom. The summed E-state index contributed by atoms with van der Waals surface area (Å²) in [6.45, 7) is 4.78. The second-order valence-electron chi connectivity index (χ2n) is 5.92. The molecule has 7 nitrogen and oxygen atoms in total. The first kappa shape index (κ1) is 17.1. The molecule has 2 N–H and O–H groups in total. The first-order valence-electron chi connectivity index (χ1n) is 7.36. The quantitative estimate of drug-likeness (QED) is 0.600. The predicted molar refractivity (Wildman–Crippen MR) is 87.6 cm³/mol. The van der Waals surface area contributed by atoms with Gasteiger partial charge in [-0.1, -0.05) is 18.7 Å². The number of hydrogen-bond donors (Lipinski definition) is 2. The molecule has 0 radical (unpaired) electrons. The van der Waals surface area contributed by atoms with Crippen LogP contribution in [-0.2, 0) is 9.59 Å². The standard InChI is InChI=1S/C15H16N2O5S2/c1-5-10-8(6(2)18)13(20)17(10)11(14(21)22)12(5)24-15-9(7(3)19)16-4-23-15/h4-6,8,10,18H,1-3H3,(H,21,22)/t5-,6-,8-,10-/m1/s1. The zero-order chi connectivity index (χ0) is 17.8. The third-order valence-corrected chi connectivity index (χ3v) is 6.70. The van der Waals surface area contributed by atoms with Gasteiger partial charge in [0.05, 0.1) is 27.8 Å². The van der Waals surface area contributed by atoms with Crippen LogP contribution in [0.1, 0.15) is 31.3 Å². The highest BCUT2D eigenvalue weighted by Gasteiger charge is 2.60. The highest BCUT2D eigenvalue weighted by Crippen LogP contribution is 2.52. The zero-order valence-corrected chi connectivity index (χ0v) is 14.8. The monoisotopic (exact) mass is 368 g/mol. The second-order valence-corrected chi connectivity index (χ2v) is 8.08. The number of thiazole rings is 1. The van der Waals surface area contributed by atoms with Gasteiger partial charge in [-0.3, -0.25) is 9.59 Å². The lowest BCUT2D eigenvalue weighted by Crippen LogP contribution is -2.63. The van der Waals surface area contributed by atoms with Crippen LogP contribution in [0.25, 0.3) is 0 Å². The maximum absolute atomic E-state index is 12.3. The van der Waals surface area contributed by atoms with Crippen molar-refractivity contribution in [3.63, 3.8) is 0 Å². The number of fused-ring (bicyclic) bond motifs is 1. The van der Waals surface area contributed by atoms with E-state index in [1.807, 2.05) is 6.92 Å². The molecular weight excluding hydrogens is 352 g/mol. The summed E-state index contributed by atoms with van der Waals surface area (Å²) in [4.78, 5) is 41.4. The molecule has 0 spiro atoms. The predicted octanol–water partition coefficient (Wildman–Crippen LogP) is 1.59. The number of carboxylic acid groups (broad SMARTS) is 1. The fourth-order valence-electron chi connectivity index (χ4n) is 3.30. The summed E-state index contributed by atoms with van der Waals surface area (Å²) in [5.74, 6) is -2.58. The van der Waals surface area contributed by atoms with Crippen LogP contribution in [0, 0.1) is 11.8 Å². The van der Waals surface area contributed by atoms with Crippen LogP contribution in [0.2, 0.25) is 0 Å². The Morgan fingerprint density at radius 3 is 2.67 bits per heavy atom. The fourth-order valence-corrected chi connectivity index (χ4v) is 5.55. The topological polar surface area (TPSA) is 108 Å². The lowest BCUT2D eigenvalue weighted by atomic mass is 9.79. The van der Waals surface area contributed by atoms with Gasteiger partial charge in [0.2, 0.25) is 5.91 Å². The molecule has 2 aliphatic heterocycles. The second kappa shape index (κ2) is 5.98. The number of aromatic nitrogens is 1. The smallest absolute Gasteiger partial charge is 0.353 e. The number of thioether (sulfide) groups is 1. The van der Waals surface area contributed by atoms with Crippen LogP contribution in [0.4, 0.5) is 0 Å². The minimum Gasteiger partial charge on any atom is -0.477 e. The van der Waals surface area contributed by atoms with Gasteiger partial charge in [-0.25, -0.2) is 9.78 Å². The molecule has 0 aliphatic carbocycles. The number of ketones is 1. The van der Waals surface area contributed by atoms with Crippen LogP contribution < -0.4 is 0 Å². The number of aliphatic hydroxyl groups excluding tert-OH is 1. The van der Waals surface area contributed by atoms with Gasteiger partial charge in [-0.2, -0.15) is 0 Å². The van der Waals surface area contributed by atoms with Crippen LogP contribution in [0.5, 0.6) is 0 Å². The molecule has 0 saturated carbocycles. The molecular formula is C15H16N2O5S2. The molecule has 0 aromatic carbocycles. The van der Waals surface area contributed by atoms with Gasteiger partial charge in [-0.15, -0.1) is 11.3 Å². The Bertz CT molecular complexity index is 770. The Balaban J connectivity index is 2.00. The van der Waals surface area contributed by atoms with E-state index in [0.717, 1.165) is 0 Å². The van der Waals surface area contributed by atoms with Crippen LogP contribution in [0.15, 0.2) is 20.3 Å². The van der Waals surface area contributed by atoms with Gasteiger partial charge < -0.3 is 15.1 Å². The highest BCUT2D eigenvalue weighted by atomic mass is 32.2. The maximum atomic E-state index is 12.3. The van der Waals surface area contributed by atoms with E-state index >= 15 is 0 Å². The molecule has 3 rings (SSSR count). The number of rotatable bonds is 5. The normalized spacial score (nSPS) is 27.1. The molecule has 0 unspecified atom stereocenters. The molecule has 4 atom stereocenters. The summed E-state index contributed by atoms with van der Waals surface area (Å²) in [5, 5.41) is 19.4. The molecule has 1 saturated heterocycles. The Labute approximate surface area is 146 Å². The largest absolute Gasteiger partial charge is 0.477 e. The number of carbonyl (C=O) groups excluding carboxylic acids is 2. The molecule has 9 heteroatoms. The summed E-state index contributed by atoms with van der Waals surface area (Å²) in [7, 11) is 0. The SMILES string of the molecule is CC(=O)c1ncsc1SC1=C(C(=O)O)N2C(=O)[C@H]([C@@H](C)O)[C@H]2[C@H]1C. The average Bonchev–Trinajstić information content (AvgIpc) is 3.02. The van der Waals surface area contributed by atoms with Crippen molar-refractivity contribution in [2.75, 3.05) is 0 Å². The summed E-state index contributed by atoms with van der Waals surface area (Å²) in [6.07, 6.45) is -0.836. The van der Waals surface area contributed by atoms with Gasteiger partial charge in [0.1, 0.15) is 11.4 Å². The van der Waals surface area contributed by atoms with E-state index in [2.05, 4.69) is 4.98 Å². The van der Waals surface area contributed by atoms with Gasteiger partial charge >= 0.3 is 5.97 Å². The van der Waals surface area contributed by atoms with E-state index in [1.54, 1.807) is 5.51 Å². The van der Waals surface area contributed by atoms with Crippen molar-refractivity contribution in [1.29, 1.82) is 0 Å². The maximum Gasteiger partial charge on any atom is 0.353 e. The number of aliphatic carboxylic acids is 1. The van der Waals surface area contributed by atoms with Crippen molar-refractivity contribution < 1.29 is 24.6 Å². The minimum atomic E-state index is -1.18. The van der Waals surface area contributed by atoms with E-state index in [1.165, 1.54) is 41.8 Å². The highest BCUT2D eigenvalue weighted by molar-refractivity contribution is 8.04. The number of nitrogens with zero attached hydrogens (tertiary/aromatic N) is 2. The molecule has 1 amide bonds. The average molecular weight is 368 g/mol. The Hall–Kier alpha value is -1.71. The first-order chi connectivity index (χ1) is 11.3. The first-order valence-corrected chi connectivity index (χ1v) is 9.06. The van der Waals surface area contributed by atoms with Crippen LogP contribution in [-0.4, -0.2) is 49.9 Å². The number of amides is 1. The number of aliphatic hydroxyl groups is 1. The van der Waals surface area contributed by atoms with Crippen LogP contribution >= 0.6 is 23.1 Å². The summed E-state index contributed by atoms with van der Waals surface area (Å²) in [5.41, 5.74) is 1.79. The van der Waals surface area contributed by atoms with Gasteiger partial charge in [0.25, 0.3) is 0 Å². The molecule has 1 aromatic rings. The Morgan fingerprint density at radius 2 is 2.12 bits per heavy atom. The molecule has 1 fully saturated rings. The molecule has 0 bridgehead atoms. The van der Waals surface area contributed by atoms with Crippen molar-refractivity contribution in [3.8, 4) is 0 Å². The van der Waals surface area contributed by atoms with E-state index in [4.69, 9.17) is 0 Å². The number of hydrogen-bond acceptors (Lipinski definition) is 7. The van der Waals surface area contributed by atoms with Gasteiger partial charge in [0.15, 0.2) is 5.78 Å². The summed E-state index contributed by atoms with van der Waals surface area (Å²) < 4.78 is 0.617. The number of carboxylic acids is 1. The van der Waals surface area contributed by atoms with Crippen molar-refractivity contribution >= 4 is 40.8 Å². The van der Waals surface area contributed by atoms with E-state index in [0.29, 0.717) is 14.8 Å². The Kier molecular flexibility index (Phi) is 4.27.